The average Bonchev–Trinajstić information content (AvgIpc) is 2.07. The lowest BCUT2D eigenvalue weighted by atomic mass is 9.85. The lowest BCUT2D eigenvalue weighted by Crippen LogP contribution is -2.35. The van der Waals surface area contributed by atoms with Crippen LogP contribution in [0, 0.1) is 5.92 Å². The van der Waals surface area contributed by atoms with Crippen LogP contribution in [0.15, 0.2) is 0 Å². The molecule has 2 atom stereocenters. The first-order valence-corrected chi connectivity index (χ1v) is 7.34. The summed E-state index contributed by atoms with van der Waals surface area (Å²) in [6.45, 7) is 7.79. The molecule has 0 N–H and O–H groups in total. The SMILES string of the molecule is CCCC1(C)C[C@H](C)CCO1.CI. The maximum Gasteiger partial charge on any atom is 0.0657 e. The Kier molecular flexibility index (Phi) is 7.42. The molecule has 80 valence electrons. The van der Waals surface area contributed by atoms with Gasteiger partial charge in [0.15, 0.2) is 0 Å². The van der Waals surface area contributed by atoms with Gasteiger partial charge in [-0.1, -0.05) is 42.9 Å². The second kappa shape index (κ2) is 7.04. The molecular weight excluding hydrogens is 275 g/mol. The molecule has 0 aromatic carbocycles. The zero-order valence-electron chi connectivity index (χ0n) is 9.40. The Hall–Kier alpha value is 0.690. The maximum absolute atomic E-state index is 5.78. The molecule has 1 heterocycles. The van der Waals surface area contributed by atoms with Crippen LogP contribution in [0.3, 0.4) is 0 Å². The maximum atomic E-state index is 5.78. The number of hydrogen-bond donors (Lipinski definition) is 0. The van der Waals surface area contributed by atoms with E-state index in [2.05, 4.69) is 43.4 Å². The van der Waals surface area contributed by atoms with Crippen molar-refractivity contribution in [2.75, 3.05) is 11.5 Å². The van der Waals surface area contributed by atoms with Gasteiger partial charge in [-0.25, -0.2) is 0 Å². The molecule has 0 saturated carbocycles. The monoisotopic (exact) mass is 298 g/mol. The molecule has 0 aromatic rings. The highest BCUT2D eigenvalue weighted by Crippen LogP contribution is 2.31. The molecule has 1 fully saturated rings. The first kappa shape index (κ1) is 13.7. The molecule has 1 aliphatic rings. The fraction of sp³-hybridized carbons (Fsp3) is 1.00. The third kappa shape index (κ3) is 5.21. The minimum atomic E-state index is 0.201. The predicted molar refractivity (Wildman–Crippen MR) is 67.6 cm³/mol. The Morgan fingerprint density at radius 2 is 2.08 bits per heavy atom. The largest absolute Gasteiger partial charge is 0.375 e. The van der Waals surface area contributed by atoms with Crippen molar-refractivity contribution in [3.05, 3.63) is 0 Å². The van der Waals surface area contributed by atoms with Gasteiger partial charge in [-0.2, -0.15) is 0 Å². The van der Waals surface area contributed by atoms with Crippen LogP contribution in [0.25, 0.3) is 0 Å². The van der Waals surface area contributed by atoms with Gasteiger partial charge in [0, 0.05) is 6.61 Å². The van der Waals surface area contributed by atoms with E-state index in [1.54, 1.807) is 0 Å². The molecule has 0 spiro atoms. The highest BCUT2D eigenvalue weighted by Gasteiger charge is 2.29. The van der Waals surface area contributed by atoms with Crippen molar-refractivity contribution in [3.63, 3.8) is 0 Å². The summed E-state index contributed by atoms with van der Waals surface area (Å²) in [5.74, 6) is 0.861. The highest BCUT2D eigenvalue weighted by molar-refractivity contribution is 14.1. The number of rotatable bonds is 2. The van der Waals surface area contributed by atoms with E-state index in [0.717, 1.165) is 12.5 Å². The van der Waals surface area contributed by atoms with E-state index in [-0.39, 0.29) is 5.60 Å². The van der Waals surface area contributed by atoms with Gasteiger partial charge < -0.3 is 4.74 Å². The minimum Gasteiger partial charge on any atom is -0.375 e. The van der Waals surface area contributed by atoms with Gasteiger partial charge in [0.25, 0.3) is 0 Å². The summed E-state index contributed by atoms with van der Waals surface area (Å²) in [6, 6.07) is 0. The molecule has 1 unspecified atom stereocenters. The molecule has 1 saturated heterocycles. The van der Waals surface area contributed by atoms with Crippen molar-refractivity contribution in [1.29, 1.82) is 0 Å². The number of halogens is 1. The molecule has 0 bridgehead atoms. The van der Waals surface area contributed by atoms with Gasteiger partial charge in [0.05, 0.1) is 5.60 Å². The second-order valence-corrected chi connectivity index (χ2v) is 4.15. The lowest BCUT2D eigenvalue weighted by molar-refractivity contribution is -0.0871. The number of ether oxygens (including phenoxy) is 1. The zero-order valence-corrected chi connectivity index (χ0v) is 11.6. The van der Waals surface area contributed by atoms with Crippen LogP contribution in [0.1, 0.15) is 46.5 Å². The van der Waals surface area contributed by atoms with Crippen molar-refractivity contribution in [2.45, 2.75) is 52.1 Å². The third-order valence-electron chi connectivity index (χ3n) is 2.62. The summed E-state index contributed by atoms with van der Waals surface area (Å²) in [6.07, 6.45) is 4.96. The minimum absolute atomic E-state index is 0.201. The molecule has 1 aliphatic heterocycles. The Bertz CT molecular complexity index is 123. The van der Waals surface area contributed by atoms with Gasteiger partial charge in [-0.3, -0.25) is 0 Å². The Morgan fingerprint density at radius 1 is 1.46 bits per heavy atom. The molecule has 0 aromatic heterocycles. The van der Waals surface area contributed by atoms with E-state index in [1.165, 1.54) is 25.7 Å². The average molecular weight is 298 g/mol. The van der Waals surface area contributed by atoms with E-state index in [0.29, 0.717) is 0 Å². The molecule has 1 nitrogen and oxygen atoms in total. The van der Waals surface area contributed by atoms with Gasteiger partial charge in [0.2, 0.25) is 0 Å². The smallest absolute Gasteiger partial charge is 0.0657 e. The first-order chi connectivity index (χ1) is 6.16. The van der Waals surface area contributed by atoms with Crippen molar-refractivity contribution < 1.29 is 4.74 Å². The van der Waals surface area contributed by atoms with Crippen LogP contribution in [0.2, 0.25) is 0 Å². The fourth-order valence-corrected chi connectivity index (χ4v) is 2.11. The van der Waals surface area contributed by atoms with E-state index < -0.39 is 0 Å². The van der Waals surface area contributed by atoms with Gasteiger partial charge >= 0.3 is 0 Å². The molecule has 0 amide bonds. The molecule has 0 aliphatic carbocycles. The van der Waals surface area contributed by atoms with Gasteiger partial charge in [-0.15, -0.1) is 0 Å². The normalized spacial score (nSPS) is 33.5. The van der Waals surface area contributed by atoms with Crippen molar-refractivity contribution >= 4 is 22.6 Å². The highest BCUT2D eigenvalue weighted by atomic mass is 127. The summed E-state index contributed by atoms with van der Waals surface area (Å²) in [4.78, 5) is 1.97. The molecule has 2 heteroatoms. The summed E-state index contributed by atoms with van der Waals surface area (Å²) >= 11 is 2.15. The van der Waals surface area contributed by atoms with Crippen LogP contribution in [0.4, 0.5) is 0 Å². The van der Waals surface area contributed by atoms with Gasteiger partial charge in [0.1, 0.15) is 0 Å². The van der Waals surface area contributed by atoms with E-state index >= 15 is 0 Å². The first-order valence-electron chi connectivity index (χ1n) is 5.18. The Labute approximate surface area is 96.8 Å². The van der Waals surface area contributed by atoms with Crippen LogP contribution >= 0.6 is 22.6 Å². The van der Waals surface area contributed by atoms with Crippen LogP contribution < -0.4 is 0 Å². The van der Waals surface area contributed by atoms with Crippen LogP contribution in [-0.4, -0.2) is 17.1 Å². The fourth-order valence-electron chi connectivity index (χ4n) is 2.11. The molecular formula is C11H23IO. The second-order valence-electron chi connectivity index (χ2n) is 4.15. The lowest BCUT2D eigenvalue weighted by Gasteiger charge is -2.37. The third-order valence-corrected chi connectivity index (χ3v) is 2.62. The molecule has 0 radical (unpaired) electrons. The van der Waals surface area contributed by atoms with Crippen LogP contribution in [-0.2, 0) is 4.74 Å². The molecule has 1 rings (SSSR count). The summed E-state index contributed by atoms with van der Waals surface area (Å²) in [7, 11) is 0. The Morgan fingerprint density at radius 3 is 2.54 bits per heavy atom. The summed E-state index contributed by atoms with van der Waals surface area (Å²) in [5.41, 5.74) is 0.201. The number of alkyl halides is 1. The van der Waals surface area contributed by atoms with Crippen LogP contribution in [0.5, 0.6) is 0 Å². The summed E-state index contributed by atoms with van der Waals surface area (Å²) in [5, 5.41) is 0. The number of hydrogen-bond acceptors (Lipinski definition) is 1. The predicted octanol–water partition coefficient (Wildman–Crippen LogP) is 4.04. The van der Waals surface area contributed by atoms with E-state index in [4.69, 9.17) is 4.74 Å². The standard InChI is InChI=1S/C10H20O.CH3I/c1-4-6-10(3)8-9(2)5-7-11-10;1-2/h9H,4-8H2,1-3H3;1H3/t9-,10?;/m1./s1. The topological polar surface area (TPSA) is 9.23 Å². The van der Waals surface area contributed by atoms with E-state index in [1.807, 2.05) is 4.93 Å². The Balaban J connectivity index is 0.000000671. The zero-order chi connectivity index (χ0) is 10.3. The van der Waals surface area contributed by atoms with Gasteiger partial charge in [-0.05, 0) is 37.0 Å². The van der Waals surface area contributed by atoms with Crippen molar-refractivity contribution in [1.82, 2.24) is 0 Å². The summed E-state index contributed by atoms with van der Waals surface area (Å²) < 4.78 is 5.78. The molecule has 13 heavy (non-hydrogen) atoms. The van der Waals surface area contributed by atoms with Crippen molar-refractivity contribution in [3.8, 4) is 0 Å². The van der Waals surface area contributed by atoms with Crippen molar-refractivity contribution in [2.24, 2.45) is 5.92 Å². The quantitative estimate of drug-likeness (QED) is 0.552. The van der Waals surface area contributed by atoms with E-state index in [9.17, 15) is 0 Å².